The van der Waals surface area contributed by atoms with Gasteiger partial charge in [0.15, 0.2) is 0 Å². The van der Waals surface area contributed by atoms with E-state index in [-0.39, 0.29) is 12.6 Å². The first kappa shape index (κ1) is 8.48. The molecule has 2 heteroatoms. The Kier molecular flexibility index (Phi) is 2.17. The first-order valence-electron chi connectivity index (χ1n) is 4.45. The Morgan fingerprint density at radius 1 is 1.62 bits per heavy atom. The van der Waals surface area contributed by atoms with E-state index in [1.54, 1.807) is 0 Å². The van der Waals surface area contributed by atoms with E-state index in [0.29, 0.717) is 0 Å². The van der Waals surface area contributed by atoms with Crippen LogP contribution in [0, 0.1) is 0 Å². The van der Waals surface area contributed by atoms with Gasteiger partial charge in [-0.1, -0.05) is 30.9 Å². The highest BCUT2D eigenvalue weighted by atomic mass is 16.3. The quantitative estimate of drug-likeness (QED) is 0.713. The second kappa shape index (κ2) is 3.32. The maximum absolute atomic E-state index is 9.09. The number of rotatable bonds is 2. The molecule has 0 amide bonds. The topological polar surface area (TPSA) is 32.3 Å². The Bertz CT molecular complexity index is 333. The van der Waals surface area contributed by atoms with Gasteiger partial charge in [-0.25, -0.2) is 0 Å². The molecule has 0 saturated heterocycles. The van der Waals surface area contributed by atoms with Crippen molar-refractivity contribution in [1.82, 2.24) is 5.32 Å². The minimum absolute atomic E-state index is 0.106. The predicted molar refractivity (Wildman–Crippen MR) is 53.2 cm³/mol. The van der Waals surface area contributed by atoms with Crippen molar-refractivity contribution in [2.45, 2.75) is 12.6 Å². The van der Waals surface area contributed by atoms with E-state index in [4.69, 9.17) is 5.11 Å². The zero-order valence-corrected chi connectivity index (χ0v) is 7.46. The van der Waals surface area contributed by atoms with Gasteiger partial charge < -0.3 is 10.4 Å². The number of benzene rings is 1. The second-order valence-electron chi connectivity index (χ2n) is 3.24. The number of hydrogen-bond acceptors (Lipinski definition) is 2. The SMILES string of the molecule is C=Cc1cccc2c1CN[C@H]2CO. The van der Waals surface area contributed by atoms with Crippen LogP contribution in [-0.2, 0) is 6.54 Å². The molecule has 1 aromatic carbocycles. The van der Waals surface area contributed by atoms with Crippen LogP contribution in [0.3, 0.4) is 0 Å². The first-order chi connectivity index (χ1) is 6.36. The maximum atomic E-state index is 9.09. The van der Waals surface area contributed by atoms with Crippen LogP contribution in [0.1, 0.15) is 22.7 Å². The lowest BCUT2D eigenvalue weighted by Crippen LogP contribution is -2.15. The van der Waals surface area contributed by atoms with Gasteiger partial charge >= 0.3 is 0 Å². The van der Waals surface area contributed by atoms with E-state index in [0.717, 1.165) is 6.54 Å². The predicted octanol–water partition coefficient (Wildman–Crippen LogP) is 1.47. The van der Waals surface area contributed by atoms with E-state index in [9.17, 15) is 0 Å². The summed E-state index contributed by atoms with van der Waals surface area (Å²) in [5.74, 6) is 0. The van der Waals surface area contributed by atoms with E-state index in [1.807, 2.05) is 18.2 Å². The fourth-order valence-corrected chi connectivity index (χ4v) is 1.84. The highest BCUT2D eigenvalue weighted by Gasteiger charge is 2.21. The molecule has 0 aromatic heterocycles. The van der Waals surface area contributed by atoms with Crippen molar-refractivity contribution >= 4 is 6.08 Å². The number of aliphatic hydroxyl groups is 1. The van der Waals surface area contributed by atoms with Crippen LogP contribution in [0.25, 0.3) is 6.08 Å². The van der Waals surface area contributed by atoms with Crippen molar-refractivity contribution < 1.29 is 5.11 Å². The van der Waals surface area contributed by atoms with E-state index in [2.05, 4.69) is 18.0 Å². The smallest absolute Gasteiger partial charge is 0.0626 e. The molecule has 0 bridgehead atoms. The van der Waals surface area contributed by atoms with E-state index < -0.39 is 0 Å². The van der Waals surface area contributed by atoms with Crippen molar-refractivity contribution in [2.75, 3.05) is 6.61 Å². The van der Waals surface area contributed by atoms with Crippen molar-refractivity contribution in [3.8, 4) is 0 Å². The normalized spacial score (nSPS) is 19.9. The van der Waals surface area contributed by atoms with Gasteiger partial charge in [-0.15, -0.1) is 0 Å². The van der Waals surface area contributed by atoms with Crippen LogP contribution >= 0.6 is 0 Å². The van der Waals surface area contributed by atoms with Crippen molar-refractivity contribution in [3.63, 3.8) is 0 Å². The van der Waals surface area contributed by atoms with Gasteiger partial charge in [0.1, 0.15) is 0 Å². The molecule has 68 valence electrons. The van der Waals surface area contributed by atoms with Crippen LogP contribution < -0.4 is 5.32 Å². The Morgan fingerprint density at radius 2 is 2.46 bits per heavy atom. The summed E-state index contributed by atoms with van der Waals surface area (Å²) in [6.45, 7) is 4.77. The third-order valence-electron chi connectivity index (χ3n) is 2.55. The molecule has 1 heterocycles. The zero-order valence-electron chi connectivity index (χ0n) is 7.46. The molecular formula is C11H13NO. The molecule has 0 unspecified atom stereocenters. The molecule has 1 aliphatic rings. The maximum Gasteiger partial charge on any atom is 0.0626 e. The average molecular weight is 175 g/mol. The van der Waals surface area contributed by atoms with Crippen molar-refractivity contribution in [2.24, 2.45) is 0 Å². The van der Waals surface area contributed by atoms with Gasteiger partial charge in [0.05, 0.1) is 12.6 Å². The number of aliphatic hydroxyl groups excluding tert-OH is 1. The fraction of sp³-hybridized carbons (Fsp3) is 0.273. The Morgan fingerprint density at radius 3 is 3.15 bits per heavy atom. The van der Waals surface area contributed by atoms with Crippen LogP contribution in [0.2, 0.25) is 0 Å². The van der Waals surface area contributed by atoms with E-state index in [1.165, 1.54) is 16.7 Å². The van der Waals surface area contributed by atoms with Crippen LogP contribution in [0.4, 0.5) is 0 Å². The number of fused-ring (bicyclic) bond motifs is 1. The van der Waals surface area contributed by atoms with Crippen molar-refractivity contribution in [1.29, 1.82) is 0 Å². The summed E-state index contributed by atoms with van der Waals surface area (Å²) in [6, 6.07) is 6.22. The fourth-order valence-electron chi connectivity index (χ4n) is 1.84. The molecular weight excluding hydrogens is 162 g/mol. The van der Waals surface area contributed by atoms with Gasteiger partial charge in [-0.05, 0) is 16.7 Å². The molecule has 2 N–H and O–H groups in total. The summed E-state index contributed by atoms with van der Waals surface area (Å²) in [5, 5.41) is 12.3. The summed E-state index contributed by atoms with van der Waals surface area (Å²) in [6.07, 6.45) is 1.86. The standard InChI is InChI=1S/C11H13NO/c1-2-8-4-3-5-9-10(8)6-12-11(9)7-13/h2-5,11-13H,1,6-7H2/t11-/m0/s1. The van der Waals surface area contributed by atoms with Crippen LogP contribution in [0.15, 0.2) is 24.8 Å². The van der Waals surface area contributed by atoms with Gasteiger partial charge in [0.25, 0.3) is 0 Å². The molecule has 0 saturated carbocycles. The van der Waals surface area contributed by atoms with E-state index >= 15 is 0 Å². The number of nitrogens with one attached hydrogen (secondary N) is 1. The largest absolute Gasteiger partial charge is 0.394 e. The molecule has 1 aromatic rings. The lowest BCUT2D eigenvalue weighted by molar-refractivity contribution is 0.251. The Hall–Kier alpha value is -1.12. The monoisotopic (exact) mass is 175 g/mol. The second-order valence-corrected chi connectivity index (χ2v) is 3.24. The number of hydrogen-bond donors (Lipinski definition) is 2. The van der Waals surface area contributed by atoms with Gasteiger partial charge in [-0.2, -0.15) is 0 Å². The molecule has 0 spiro atoms. The highest BCUT2D eigenvalue weighted by molar-refractivity contribution is 5.56. The molecule has 0 fully saturated rings. The first-order valence-corrected chi connectivity index (χ1v) is 4.45. The third kappa shape index (κ3) is 1.28. The van der Waals surface area contributed by atoms with Crippen molar-refractivity contribution in [3.05, 3.63) is 41.5 Å². The molecule has 1 aliphatic heterocycles. The average Bonchev–Trinajstić information content (AvgIpc) is 2.60. The van der Waals surface area contributed by atoms with Gasteiger partial charge in [0, 0.05) is 6.54 Å². The Balaban J connectivity index is 2.48. The molecule has 2 nitrogen and oxygen atoms in total. The highest BCUT2D eigenvalue weighted by Crippen LogP contribution is 2.27. The third-order valence-corrected chi connectivity index (χ3v) is 2.55. The molecule has 1 atom stereocenters. The Labute approximate surface area is 77.9 Å². The summed E-state index contributed by atoms with van der Waals surface area (Å²) in [7, 11) is 0. The lowest BCUT2D eigenvalue weighted by Gasteiger charge is -2.07. The van der Waals surface area contributed by atoms with Crippen LogP contribution in [0.5, 0.6) is 0 Å². The molecule has 0 radical (unpaired) electrons. The molecule has 13 heavy (non-hydrogen) atoms. The molecule has 0 aliphatic carbocycles. The molecule has 2 rings (SSSR count). The summed E-state index contributed by atoms with van der Waals surface area (Å²) >= 11 is 0. The summed E-state index contributed by atoms with van der Waals surface area (Å²) in [5.41, 5.74) is 3.65. The zero-order chi connectivity index (χ0) is 9.26. The van der Waals surface area contributed by atoms with Crippen LogP contribution in [-0.4, -0.2) is 11.7 Å². The minimum Gasteiger partial charge on any atom is -0.394 e. The van der Waals surface area contributed by atoms with Gasteiger partial charge in [-0.3, -0.25) is 0 Å². The minimum atomic E-state index is 0.106. The summed E-state index contributed by atoms with van der Waals surface area (Å²) < 4.78 is 0. The summed E-state index contributed by atoms with van der Waals surface area (Å²) in [4.78, 5) is 0. The van der Waals surface area contributed by atoms with Gasteiger partial charge in [0.2, 0.25) is 0 Å². The lowest BCUT2D eigenvalue weighted by atomic mass is 10.0.